The minimum Gasteiger partial charge on any atom is -0.337 e. The molecule has 42 heavy (non-hydrogen) atoms. The maximum absolute atomic E-state index is 14.5. The Kier molecular flexibility index (Phi) is 10.8. The molecule has 1 aliphatic carbocycles. The van der Waals surface area contributed by atoms with Crippen LogP contribution in [-0.2, 0) is 35.8 Å². The van der Waals surface area contributed by atoms with E-state index >= 15 is 0 Å². The Bertz CT molecular complexity index is 1520. The lowest BCUT2D eigenvalue weighted by molar-refractivity contribution is -0.119. The number of nitrogens with one attached hydrogen (secondary N) is 1. The fourth-order valence-corrected chi connectivity index (χ4v) is 6.23. The zero-order valence-corrected chi connectivity index (χ0v) is 25.3. The predicted molar refractivity (Wildman–Crippen MR) is 163 cm³/mol. The van der Waals surface area contributed by atoms with E-state index in [0.717, 1.165) is 36.2 Å². The molecule has 0 spiro atoms. The molecule has 3 unspecified atom stereocenters. The Morgan fingerprint density at radius 2 is 1.86 bits per heavy atom. The first-order chi connectivity index (χ1) is 20.3. The smallest absolute Gasteiger partial charge is 0.228 e. The lowest BCUT2D eigenvalue weighted by Gasteiger charge is -2.30. The van der Waals surface area contributed by atoms with E-state index in [1.807, 2.05) is 56.8 Å². The lowest BCUT2D eigenvalue weighted by Crippen LogP contribution is -2.33. The first-order valence-electron chi connectivity index (χ1n) is 14.4. The second-order valence-electron chi connectivity index (χ2n) is 10.2. The van der Waals surface area contributed by atoms with Crippen molar-refractivity contribution in [1.82, 2.24) is 14.3 Å². The summed E-state index contributed by atoms with van der Waals surface area (Å²) in [6.07, 6.45) is 6.24. The van der Waals surface area contributed by atoms with E-state index in [-0.39, 0.29) is 42.5 Å². The molecule has 222 valence electrons. The van der Waals surface area contributed by atoms with Crippen LogP contribution >= 0.6 is 0 Å². The van der Waals surface area contributed by atoms with Gasteiger partial charge < -0.3 is 9.47 Å². The zero-order chi connectivity index (χ0) is 30.2. The van der Waals surface area contributed by atoms with Crippen molar-refractivity contribution < 1.29 is 17.8 Å². The normalized spacial score (nSPS) is 15.6. The zero-order valence-electron chi connectivity index (χ0n) is 24.5. The van der Waals surface area contributed by atoms with Crippen molar-refractivity contribution in [3.63, 3.8) is 0 Å². The van der Waals surface area contributed by atoms with E-state index in [0.29, 0.717) is 16.1 Å². The van der Waals surface area contributed by atoms with Gasteiger partial charge in [-0.1, -0.05) is 45.0 Å². The molecule has 0 radical (unpaired) electrons. The molecule has 1 aliphatic rings. The second-order valence-corrected chi connectivity index (χ2v) is 11.5. The van der Waals surface area contributed by atoms with E-state index < -0.39 is 11.0 Å². The molecule has 0 fully saturated rings. The standard InChI is InChI=1S/C31H32F2N4O2S.C2H6/c1-21(26-7-3-4-8-28(26)33)18-31(38)37(20-30-34-16-17-36(30)2)24-13-10-22-6-5-9-29(27(22)19-24)35-40(39)25-14-11-23(32)12-15-25;1-2/h3-4,7-8,10-17,19,21,29,35H,5-6,9,18,20H2,1-2H3;1-2H3. The highest BCUT2D eigenvalue weighted by Crippen LogP contribution is 2.35. The highest BCUT2D eigenvalue weighted by atomic mass is 32.2. The van der Waals surface area contributed by atoms with Crippen LogP contribution < -0.4 is 9.62 Å². The minimum absolute atomic E-state index is 0.124. The number of carbonyl (C=O) groups excluding carboxylic acids is 1. The van der Waals surface area contributed by atoms with Gasteiger partial charge in [0, 0.05) is 37.6 Å². The third-order valence-electron chi connectivity index (χ3n) is 7.47. The first-order valence-corrected chi connectivity index (χ1v) is 15.5. The van der Waals surface area contributed by atoms with Crippen LogP contribution in [0.1, 0.15) is 74.5 Å². The quantitative estimate of drug-likeness (QED) is 0.225. The van der Waals surface area contributed by atoms with Gasteiger partial charge in [0.15, 0.2) is 0 Å². The van der Waals surface area contributed by atoms with Crippen LogP contribution in [0.15, 0.2) is 84.0 Å². The van der Waals surface area contributed by atoms with Gasteiger partial charge in [0.2, 0.25) is 5.91 Å². The van der Waals surface area contributed by atoms with Crippen LogP contribution in [0.25, 0.3) is 0 Å². The fraction of sp³-hybridized carbons (Fsp3) is 0.333. The number of imidazole rings is 1. The monoisotopic (exact) mass is 592 g/mol. The molecule has 0 bridgehead atoms. The van der Waals surface area contributed by atoms with Crippen molar-refractivity contribution >= 4 is 22.6 Å². The number of aryl methyl sites for hydroxylation is 2. The van der Waals surface area contributed by atoms with Crippen molar-refractivity contribution in [3.8, 4) is 0 Å². The molecule has 3 atom stereocenters. The molecule has 1 amide bonds. The number of rotatable bonds is 9. The summed E-state index contributed by atoms with van der Waals surface area (Å²) in [5, 5.41) is 0. The summed E-state index contributed by atoms with van der Waals surface area (Å²) >= 11 is 0. The minimum atomic E-state index is -1.53. The summed E-state index contributed by atoms with van der Waals surface area (Å²) in [6, 6.07) is 17.9. The maximum atomic E-state index is 14.5. The summed E-state index contributed by atoms with van der Waals surface area (Å²) in [5.41, 5.74) is 3.33. The fourth-order valence-electron chi connectivity index (χ4n) is 5.20. The van der Waals surface area contributed by atoms with Gasteiger partial charge in [0.25, 0.3) is 0 Å². The number of nitrogens with zero attached hydrogens (tertiary/aromatic N) is 3. The molecule has 9 heteroatoms. The van der Waals surface area contributed by atoms with Gasteiger partial charge in [0.05, 0.1) is 11.4 Å². The van der Waals surface area contributed by atoms with Crippen LogP contribution in [0.5, 0.6) is 0 Å². The summed E-state index contributed by atoms with van der Waals surface area (Å²) in [4.78, 5) is 20.4. The van der Waals surface area contributed by atoms with Gasteiger partial charge in [0.1, 0.15) is 28.4 Å². The van der Waals surface area contributed by atoms with Gasteiger partial charge in [-0.25, -0.2) is 22.7 Å². The predicted octanol–water partition coefficient (Wildman–Crippen LogP) is 7.14. The number of amides is 1. The summed E-state index contributed by atoms with van der Waals surface area (Å²) < 4.78 is 46.0. The Hall–Kier alpha value is -3.69. The third-order valence-corrected chi connectivity index (χ3v) is 8.67. The highest BCUT2D eigenvalue weighted by molar-refractivity contribution is 7.83. The molecule has 0 saturated carbocycles. The number of halogens is 2. The number of hydrogen-bond acceptors (Lipinski definition) is 3. The topological polar surface area (TPSA) is 67.2 Å². The molecule has 1 heterocycles. The van der Waals surface area contributed by atoms with Gasteiger partial charge in [-0.3, -0.25) is 4.79 Å². The van der Waals surface area contributed by atoms with E-state index in [2.05, 4.69) is 9.71 Å². The van der Waals surface area contributed by atoms with Gasteiger partial charge >= 0.3 is 0 Å². The summed E-state index contributed by atoms with van der Waals surface area (Å²) in [7, 11) is 0.350. The molecule has 1 N–H and O–H groups in total. The lowest BCUT2D eigenvalue weighted by atomic mass is 9.87. The van der Waals surface area contributed by atoms with Gasteiger partial charge in [-0.15, -0.1) is 0 Å². The van der Waals surface area contributed by atoms with Crippen molar-refractivity contribution in [2.75, 3.05) is 4.90 Å². The van der Waals surface area contributed by atoms with Crippen LogP contribution in [0.2, 0.25) is 0 Å². The van der Waals surface area contributed by atoms with Crippen LogP contribution in [-0.4, -0.2) is 19.7 Å². The summed E-state index contributed by atoms with van der Waals surface area (Å²) in [5.74, 6) is -0.446. The second kappa shape index (κ2) is 14.5. The largest absolute Gasteiger partial charge is 0.337 e. The van der Waals surface area contributed by atoms with Gasteiger partial charge in [-0.05, 0) is 84.3 Å². The van der Waals surface area contributed by atoms with Crippen molar-refractivity contribution in [1.29, 1.82) is 0 Å². The van der Waals surface area contributed by atoms with Crippen molar-refractivity contribution in [2.24, 2.45) is 7.05 Å². The number of fused-ring (bicyclic) bond motifs is 1. The molecular formula is C33H38F2N4O2S. The number of benzene rings is 3. The van der Waals surface area contributed by atoms with E-state index in [1.165, 1.54) is 30.3 Å². The Labute approximate surface area is 249 Å². The Balaban J connectivity index is 0.00000198. The highest BCUT2D eigenvalue weighted by Gasteiger charge is 2.27. The molecule has 6 nitrogen and oxygen atoms in total. The molecule has 5 rings (SSSR count). The van der Waals surface area contributed by atoms with Crippen LogP contribution in [0.3, 0.4) is 0 Å². The Morgan fingerprint density at radius 3 is 2.55 bits per heavy atom. The number of anilines is 1. The average molecular weight is 593 g/mol. The first kappa shape index (κ1) is 31.3. The van der Waals surface area contributed by atoms with Crippen molar-refractivity contribution in [2.45, 2.75) is 69.9 Å². The summed E-state index contributed by atoms with van der Waals surface area (Å²) in [6.45, 7) is 6.11. The third kappa shape index (κ3) is 7.38. The van der Waals surface area contributed by atoms with Crippen LogP contribution in [0.4, 0.5) is 14.5 Å². The van der Waals surface area contributed by atoms with E-state index in [1.54, 1.807) is 29.3 Å². The number of aromatic nitrogens is 2. The molecular weight excluding hydrogens is 554 g/mol. The van der Waals surface area contributed by atoms with Crippen LogP contribution in [0, 0.1) is 11.6 Å². The Morgan fingerprint density at radius 1 is 1.12 bits per heavy atom. The molecule has 0 saturated heterocycles. The maximum Gasteiger partial charge on any atom is 0.228 e. The molecule has 1 aromatic heterocycles. The van der Waals surface area contributed by atoms with Gasteiger partial charge in [-0.2, -0.15) is 0 Å². The van der Waals surface area contributed by atoms with E-state index in [4.69, 9.17) is 0 Å². The number of carbonyl (C=O) groups is 1. The van der Waals surface area contributed by atoms with E-state index in [9.17, 15) is 17.8 Å². The molecule has 3 aromatic carbocycles. The van der Waals surface area contributed by atoms with Crippen molar-refractivity contribution in [3.05, 3.63) is 113 Å². The number of hydrogen-bond donors (Lipinski definition) is 1. The SMILES string of the molecule is CC.CC(CC(=O)N(Cc1nccn1C)c1ccc2c(c1)C(NS(=O)c1ccc(F)cc1)CCC2)c1ccccc1F. The molecule has 0 aliphatic heterocycles. The molecule has 4 aromatic rings. The average Bonchev–Trinajstić information content (AvgIpc) is 3.41.